The molecule has 0 N–H and O–H groups in total. The molecule has 0 unspecified atom stereocenters. The summed E-state index contributed by atoms with van der Waals surface area (Å²) in [6.07, 6.45) is 8.34. The van der Waals surface area contributed by atoms with Crippen molar-refractivity contribution in [1.82, 2.24) is 4.98 Å². The van der Waals surface area contributed by atoms with Crippen LogP contribution in [0.15, 0.2) is 17.0 Å². The number of hydrogen-bond acceptors (Lipinski definition) is 3. The normalized spacial score (nSPS) is 16.5. The van der Waals surface area contributed by atoms with E-state index in [1.54, 1.807) is 11.3 Å². The van der Waals surface area contributed by atoms with Gasteiger partial charge in [-0.2, -0.15) is 0 Å². The van der Waals surface area contributed by atoms with E-state index in [0.29, 0.717) is 6.42 Å². The molecule has 2 nitrogen and oxygen atoms in total. The number of ketones is 1. The van der Waals surface area contributed by atoms with Crippen molar-refractivity contribution in [2.75, 3.05) is 0 Å². The van der Waals surface area contributed by atoms with Crippen molar-refractivity contribution in [3.05, 3.63) is 27.7 Å². The van der Waals surface area contributed by atoms with Gasteiger partial charge in [0, 0.05) is 10.8 Å². The maximum absolute atomic E-state index is 12.0. The van der Waals surface area contributed by atoms with E-state index in [9.17, 15) is 4.79 Å². The van der Waals surface area contributed by atoms with Gasteiger partial charge in [0.25, 0.3) is 0 Å². The molecular formula is C16H23NOS. The maximum Gasteiger partial charge on any atom is 0.162 e. The highest BCUT2D eigenvalue weighted by atomic mass is 32.1. The van der Waals surface area contributed by atoms with Crippen LogP contribution < -0.4 is 0 Å². The molecule has 1 aromatic rings. The second-order valence-corrected chi connectivity index (χ2v) is 7.33. The molecule has 0 aromatic carbocycles. The lowest BCUT2D eigenvalue weighted by atomic mass is 9.93. The highest BCUT2D eigenvalue weighted by molar-refractivity contribution is 7.09. The van der Waals surface area contributed by atoms with Gasteiger partial charge in [0.2, 0.25) is 0 Å². The molecule has 3 heteroatoms. The van der Waals surface area contributed by atoms with Crippen LogP contribution in [-0.2, 0) is 16.6 Å². The lowest BCUT2D eigenvalue weighted by Crippen LogP contribution is -2.12. The first-order valence-corrected chi connectivity index (χ1v) is 8.00. The highest BCUT2D eigenvalue weighted by Crippen LogP contribution is 2.25. The average molecular weight is 277 g/mol. The topological polar surface area (TPSA) is 30.0 Å². The van der Waals surface area contributed by atoms with Crippen LogP contribution in [0.1, 0.15) is 63.6 Å². The van der Waals surface area contributed by atoms with Crippen molar-refractivity contribution in [1.29, 1.82) is 0 Å². The Balaban J connectivity index is 1.97. The number of nitrogens with zero attached hydrogens (tertiary/aromatic N) is 1. The van der Waals surface area contributed by atoms with Crippen LogP contribution in [0.5, 0.6) is 0 Å². The van der Waals surface area contributed by atoms with Crippen LogP contribution in [0.4, 0.5) is 0 Å². The fourth-order valence-corrected chi connectivity index (χ4v) is 3.35. The molecule has 2 rings (SSSR count). The smallest absolute Gasteiger partial charge is 0.162 e. The summed E-state index contributed by atoms with van der Waals surface area (Å²) in [5, 5.41) is 3.03. The third-order valence-corrected chi connectivity index (χ3v) is 4.36. The van der Waals surface area contributed by atoms with Gasteiger partial charge in [0.05, 0.1) is 12.1 Å². The summed E-state index contributed by atoms with van der Waals surface area (Å²) in [5.74, 6) is 0.215. The zero-order valence-electron chi connectivity index (χ0n) is 12.2. The van der Waals surface area contributed by atoms with Crippen LogP contribution in [0.3, 0.4) is 0 Å². The second kappa shape index (κ2) is 6.00. The molecule has 0 aliphatic heterocycles. The van der Waals surface area contributed by atoms with E-state index >= 15 is 0 Å². The Hall–Kier alpha value is -0.960. The van der Waals surface area contributed by atoms with Gasteiger partial charge in [-0.25, -0.2) is 4.98 Å². The van der Waals surface area contributed by atoms with Crippen LogP contribution in [0.25, 0.3) is 0 Å². The molecule has 0 atom stereocenters. The highest BCUT2D eigenvalue weighted by Gasteiger charge is 2.18. The molecule has 1 heterocycles. The van der Waals surface area contributed by atoms with Gasteiger partial charge in [-0.05, 0) is 31.8 Å². The van der Waals surface area contributed by atoms with E-state index < -0.39 is 0 Å². The largest absolute Gasteiger partial charge is 0.294 e. The first-order valence-electron chi connectivity index (χ1n) is 7.12. The molecule has 0 saturated heterocycles. The van der Waals surface area contributed by atoms with Crippen molar-refractivity contribution in [2.45, 2.75) is 64.7 Å². The predicted molar refractivity (Wildman–Crippen MR) is 80.7 cm³/mol. The van der Waals surface area contributed by atoms with Crippen LogP contribution >= 0.6 is 11.3 Å². The summed E-state index contributed by atoms with van der Waals surface area (Å²) in [6.45, 7) is 6.45. The van der Waals surface area contributed by atoms with Gasteiger partial charge in [0.15, 0.2) is 5.78 Å². The zero-order chi connectivity index (χ0) is 13.9. The summed E-state index contributed by atoms with van der Waals surface area (Å²) < 4.78 is 0. The average Bonchev–Trinajstić information content (AvgIpc) is 2.78. The number of allylic oxidation sites excluding steroid dienone is 2. The molecule has 0 bridgehead atoms. The van der Waals surface area contributed by atoms with Crippen LogP contribution in [0.2, 0.25) is 0 Å². The lowest BCUT2D eigenvalue weighted by molar-refractivity contribution is -0.114. The number of thiazole rings is 1. The van der Waals surface area contributed by atoms with Gasteiger partial charge in [-0.1, -0.05) is 32.8 Å². The Morgan fingerprint density at radius 2 is 2.00 bits per heavy atom. The van der Waals surface area contributed by atoms with Gasteiger partial charge in [-0.15, -0.1) is 11.3 Å². The van der Waals surface area contributed by atoms with E-state index in [4.69, 9.17) is 0 Å². The molecule has 1 saturated carbocycles. The van der Waals surface area contributed by atoms with E-state index in [0.717, 1.165) is 23.5 Å². The minimum atomic E-state index is 0.0691. The summed E-state index contributed by atoms with van der Waals surface area (Å²) in [4.78, 5) is 16.6. The number of rotatable bonds is 3. The molecule has 1 aliphatic rings. The van der Waals surface area contributed by atoms with E-state index in [-0.39, 0.29) is 11.2 Å². The Morgan fingerprint density at radius 3 is 2.58 bits per heavy atom. The summed E-state index contributed by atoms with van der Waals surface area (Å²) in [6, 6.07) is 0. The third kappa shape index (κ3) is 4.27. The van der Waals surface area contributed by atoms with E-state index in [2.05, 4.69) is 31.1 Å². The zero-order valence-corrected chi connectivity index (χ0v) is 13.0. The van der Waals surface area contributed by atoms with Crippen molar-refractivity contribution < 1.29 is 4.79 Å². The van der Waals surface area contributed by atoms with E-state index in [1.165, 1.54) is 24.8 Å². The van der Waals surface area contributed by atoms with Crippen molar-refractivity contribution >= 4 is 17.1 Å². The van der Waals surface area contributed by atoms with Gasteiger partial charge in [0.1, 0.15) is 5.01 Å². The van der Waals surface area contributed by atoms with Crippen molar-refractivity contribution in [2.24, 2.45) is 0 Å². The SMILES string of the molecule is CC(C)(C)c1csc(CC(=O)C=C2CCCCC2)n1. The second-order valence-electron chi connectivity index (χ2n) is 6.38. The Morgan fingerprint density at radius 1 is 1.32 bits per heavy atom. The summed E-state index contributed by atoms with van der Waals surface area (Å²) >= 11 is 1.61. The summed E-state index contributed by atoms with van der Waals surface area (Å²) in [5.41, 5.74) is 2.49. The van der Waals surface area contributed by atoms with Crippen molar-refractivity contribution in [3.8, 4) is 0 Å². The molecule has 1 fully saturated rings. The quantitative estimate of drug-likeness (QED) is 0.764. The van der Waals surface area contributed by atoms with E-state index in [1.807, 2.05) is 6.08 Å². The minimum absolute atomic E-state index is 0.0691. The Bertz CT molecular complexity index is 471. The van der Waals surface area contributed by atoms with Gasteiger partial charge in [-0.3, -0.25) is 4.79 Å². The molecular weight excluding hydrogens is 254 g/mol. The molecule has 0 amide bonds. The Labute approximate surface area is 120 Å². The lowest BCUT2D eigenvalue weighted by Gasteiger charge is -2.14. The predicted octanol–water partition coefficient (Wildman–Crippen LogP) is 4.44. The molecule has 19 heavy (non-hydrogen) atoms. The minimum Gasteiger partial charge on any atom is -0.294 e. The number of carbonyl (C=O) groups is 1. The molecule has 1 aromatic heterocycles. The van der Waals surface area contributed by atoms with Gasteiger partial charge >= 0.3 is 0 Å². The third-order valence-electron chi connectivity index (χ3n) is 3.51. The van der Waals surface area contributed by atoms with Crippen LogP contribution in [-0.4, -0.2) is 10.8 Å². The molecule has 0 radical (unpaired) electrons. The monoisotopic (exact) mass is 277 g/mol. The first-order chi connectivity index (χ1) is 8.95. The Kier molecular flexibility index (Phi) is 4.56. The fraction of sp³-hybridized carbons (Fsp3) is 0.625. The fourth-order valence-electron chi connectivity index (χ4n) is 2.31. The van der Waals surface area contributed by atoms with Gasteiger partial charge < -0.3 is 0 Å². The van der Waals surface area contributed by atoms with Crippen LogP contribution in [0, 0.1) is 0 Å². The molecule has 104 valence electrons. The van der Waals surface area contributed by atoms with Crippen molar-refractivity contribution in [3.63, 3.8) is 0 Å². The standard InChI is InChI=1S/C16H23NOS/c1-16(2,3)14-11-19-15(17-14)10-13(18)9-12-7-5-4-6-8-12/h9,11H,4-8,10H2,1-3H3. The number of hydrogen-bond donors (Lipinski definition) is 0. The number of aromatic nitrogens is 1. The first kappa shape index (κ1) is 14.4. The summed E-state index contributed by atoms with van der Waals surface area (Å²) in [7, 11) is 0. The molecule has 0 spiro atoms. The number of carbonyl (C=O) groups excluding carboxylic acids is 1. The maximum atomic E-state index is 12.0. The molecule has 1 aliphatic carbocycles.